The first-order chi connectivity index (χ1) is 14.1. The predicted molar refractivity (Wildman–Crippen MR) is 118 cm³/mol. The van der Waals surface area contributed by atoms with Gasteiger partial charge >= 0.3 is 5.97 Å². The minimum absolute atomic E-state index is 0.0748. The zero-order chi connectivity index (χ0) is 20.6. The number of fused-ring (bicyclic) bond motifs is 1. The summed E-state index contributed by atoms with van der Waals surface area (Å²) < 4.78 is 4.99. The second-order valence-electron chi connectivity index (χ2n) is 6.70. The fourth-order valence-electron chi connectivity index (χ4n) is 3.32. The number of hydrogen-bond donors (Lipinski definition) is 0. The van der Waals surface area contributed by atoms with Crippen molar-refractivity contribution in [2.45, 2.75) is 26.2 Å². The quantitative estimate of drug-likeness (QED) is 0.345. The number of halogens is 1. The number of amides is 1. The second-order valence-corrected chi connectivity index (χ2v) is 7.10. The first-order valence-corrected chi connectivity index (χ1v) is 10.2. The number of nitrogens with zero attached hydrogens (tertiary/aromatic N) is 1. The van der Waals surface area contributed by atoms with Crippen LogP contribution in [0.3, 0.4) is 0 Å². The number of carbonyl (C=O) groups excluding carboxylic acids is 2. The van der Waals surface area contributed by atoms with Gasteiger partial charge in [-0.05, 0) is 44.0 Å². The zero-order valence-corrected chi connectivity index (χ0v) is 17.2. The van der Waals surface area contributed by atoms with E-state index in [1.165, 1.54) is 0 Å². The fraction of sp³-hybridized carbons (Fsp3) is 0.250. The lowest BCUT2D eigenvalue weighted by molar-refractivity contribution is -0.143. The highest BCUT2D eigenvalue weighted by molar-refractivity contribution is 6.36. The summed E-state index contributed by atoms with van der Waals surface area (Å²) in [6.45, 7) is 2.68. The highest BCUT2D eigenvalue weighted by atomic mass is 35.5. The molecule has 0 aliphatic carbocycles. The van der Waals surface area contributed by atoms with Crippen LogP contribution in [-0.2, 0) is 9.53 Å². The van der Waals surface area contributed by atoms with Crippen molar-refractivity contribution in [1.29, 1.82) is 0 Å². The van der Waals surface area contributed by atoms with Gasteiger partial charge in [-0.3, -0.25) is 9.59 Å². The van der Waals surface area contributed by atoms with E-state index in [0.29, 0.717) is 43.0 Å². The van der Waals surface area contributed by atoms with Crippen LogP contribution in [0.4, 0.5) is 5.69 Å². The first-order valence-electron chi connectivity index (χ1n) is 9.81. The van der Waals surface area contributed by atoms with E-state index < -0.39 is 0 Å². The van der Waals surface area contributed by atoms with Crippen LogP contribution >= 0.6 is 11.6 Å². The van der Waals surface area contributed by atoms with Gasteiger partial charge in [0.05, 0.1) is 12.3 Å². The molecule has 0 heterocycles. The molecule has 29 heavy (non-hydrogen) atoms. The smallest absolute Gasteiger partial charge is 0.305 e. The maximum atomic E-state index is 13.3. The van der Waals surface area contributed by atoms with Gasteiger partial charge in [0.2, 0.25) is 0 Å². The summed E-state index contributed by atoms with van der Waals surface area (Å²) in [5.41, 5.74) is 1.44. The van der Waals surface area contributed by atoms with Crippen molar-refractivity contribution in [1.82, 2.24) is 0 Å². The van der Waals surface area contributed by atoms with Crippen molar-refractivity contribution in [3.63, 3.8) is 0 Å². The van der Waals surface area contributed by atoms with Gasteiger partial charge in [-0.1, -0.05) is 54.1 Å². The average molecular weight is 410 g/mol. The molecule has 0 spiro atoms. The lowest BCUT2D eigenvalue weighted by atomic mass is 10.1. The van der Waals surface area contributed by atoms with Gasteiger partial charge < -0.3 is 9.64 Å². The van der Waals surface area contributed by atoms with E-state index in [4.69, 9.17) is 16.3 Å². The largest absolute Gasteiger partial charge is 0.466 e. The van der Waals surface area contributed by atoms with Crippen LogP contribution in [0, 0.1) is 0 Å². The molecule has 5 heteroatoms. The number of ether oxygens (including phenoxy) is 1. The molecule has 0 aliphatic rings. The molecule has 0 aliphatic heterocycles. The Morgan fingerprint density at radius 3 is 2.31 bits per heavy atom. The van der Waals surface area contributed by atoms with E-state index >= 15 is 0 Å². The highest BCUT2D eigenvalue weighted by Gasteiger charge is 2.20. The van der Waals surface area contributed by atoms with Crippen molar-refractivity contribution < 1.29 is 14.3 Å². The Kier molecular flexibility index (Phi) is 7.25. The van der Waals surface area contributed by atoms with Gasteiger partial charge in [0.1, 0.15) is 0 Å². The van der Waals surface area contributed by atoms with Crippen LogP contribution in [-0.4, -0.2) is 25.0 Å². The summed E-state index contributed by atoms with van der Waals surface area (Å²) >= 11 is 6.37. The number of unbranched alkanes of at least 4 members (excludes halogenated alkanes) is 1. The van der Waals surface area contributed by atoms with Crippen LogP contribution in [0.1, 0.15) is 36.5 Å². The molecule has 0 fully saturated rings. The van der Waals surface area contributed by atoms with E-state index in [2.05, 4.69) is 0 Å². The Balaban J connectivity index is 1.88. The molecule has 150 valence electrons. The molecule has 0 atom stereocenters. The Bertz CT molecular complexity index is 988. The number of anilines is 1. The molecule has 4 nitrogen and oxygen atoms in total. The molecule has 3 aromatic carbocycles. The van der Waals surface area contributed by atoms with E-state index in [1.54, 1.807) is 11.8 Å². The fourth-order valence-corrected chi connectivity index (χ4v) is 3.55. The third-order valence-electron chi connectivity index (χ3n) is 4.72. The van der Waals surface area contributed by atoms with Crippen molar-refractivity contribution in [2.75, 3.05) is 18.1 Å². The number of carbonyl (C=O) groups is 2. The number of hydrogen-bond acceptors (Lipinski definition) is 3. The molecule has 0 N–H and O–H groups in total. The Morgan fingerprint density at radius 1 is 0.897 bits per heavy atom. The molecule has 1 amide bonds. The predicted octanol–water partition coefficient (Wildman–Crippen LogP) is 5.87. The second kappa shape index (κ2) is 10.1. The molecule has 0 unspecified atom stereocenters. The van der Waals surface area contributed by atoms with Crippen molar-refractivity contribution in [3.05, 3.63) is 77.3 Å². The number of esters is 1. The molecule has 0 saturated carbocycles. The van der Waals surface area contributed by atoms with Gasteiger partial charge in [-0.25, -0.2) is 0 Å². The summed E-state index contributed by atoms with van der Waals surface area (Å²) in [6, 6.07) is 20.7. The Morgan fingerprint density at radius 2 is 1.59 bits per heavy atom. The summed E-state index contributed by atoms with van der Waals surface area (Å²) in [5, 5.41) is 2.48. The first kappa shape index (κ1) is 20.9. The van der Waals surface area contributed by atoms with Gasteiger partial charge in [0.25, 0.3) is 5.91 Å². The number of rotatable bonds is 8. The van der Waals surface area contributed by atoms with Crippen LogP contribution in [0.5, 0.6) is 0 Å². The van der Waals surface area contributed by atoms with Gasteiger partial charge in [-0.15, -0.1) is 0 Å². The lowest BCUT2D eigenvalue weighted by Crippen LogP contribution is -2.32. The van der Waals surface area contributed by atoms with Crippen molar-refractivity contribution in [3.8, 4) is 0 Å². The van der Waals surface area contributed by atoms with Crippen molar-refractivity contribution in [2.24, 2.45) is 0 Å². The minimum atomic E-state index is -0.203. The standard InChI is InChI=1S/C24H24ClNO3/c1-2-29-23(27)14-8-9-17-26(24(28)18-10-4-3-5-11-18)22-16-15-21(25)19-12-6-7-13-20(19)22/h3-7,10-13,15-16H,2,8-9,14,17H2,1H3. The van der Waals surface area contributed by atoms with Crippen molar-refractivity contribution >= 4 is 39.9 Å². The molecule has 0 saturated heterocycles. The molecular weight excluding hydrogens is 386 g/mol. The SMILES string of the molecule is CCOC(=O)CCCCN(C(=O)c1ccccc1)c1ccc(Cl)c2ccccc12. The zero-order valence-electron chi connectivity index (χ0n) is 16.4. The maximum Gasteiger partial charge on any atom is 0.305 e. The topological polar surface area (TPSA) is 46.6 Å². The monoisotopic (exact) mass is 409 g/mol. The summed E-state index contributed by atoms with van der Waals surface area (Å²) in [4.78, 5) is 26.7. The van der Waals surface area contributed by atoms with E-state index in [-0.39, 0.29) is 11.9 Å². The maximum absolute atomic E-state index is 13.3. The molecular formula is C24H24ClNO3. The molecule has 0 bridgehead atoms. The van der Waals surface area contributed by atoms with Gasteiger partial charge in [0, 0.05) is 34.3 Å². The minimum Gasteiger partial charge on any atom is -0.466 e. The van der Waals surface area contributed by atoms with E-state index in [1.807, 2.05) is 66.7 Å². The summed E-state index contributed by atoms with van der Waals surface area (Å²) in [7, 11) is 0. The molecule has 0 aromatic heterocycles. The molecule has 0 radical (unpaired) electrons. The van der Waals surface area contributed by atoms with Gasteiger partial charge in [-0.2, -0.15) is 0 Å². The van der Waals surface area contributed by atoms with E-state index in [9.17, 15) is 9.59 Å². The third-order valence-corrected chi connectivity index (χ3v) is 5.05. The lowest BCUT2D eigenvalue weighted by Gasteiger charge is -2.25. The van der Waals surface area contributed by atoms with Crippen LogP contribution < -0.4 is 4.90 Å². The average Bonchev–Trinajstić information content (AvgIpc) is 2.75. The van der Waals surface area contributed by atoms with Crippen LogP contribution in [0.25, 0.3) is 10.8 Å². The molecule has 3 rings (SSSR count). The summed E-state index contributed by atoms with van der Waals surface area (Å²) in [6.07, 6.45) is 1.69. The summed E-state index contributed by atoms with van der Waals surface area (Å²) in [5.74, 6) is -0.278. The van der Waals surface area contributed by atoms with Crippen LogP contribution in [0.15, 0.2) is 66.7 Å². The Hall–Kier alpha value is -2.85. The van der Waals surface area contributed by atoms with E-state index in [0.717, 1.165) is 16.5 Å². The highest BCUT2D eigenvalue weighted by Crippen LogP contribution is 2.33. The van der Waals surface area contributed by atoms with Crippen LogP contribution in [0.2, 0.25) is 5.02 Å². The van der Waals surface area contributed by atoms with Gasteiger partial charge in [0.15, 0.2) is 0 Å². The number of benzene rings is 3. The third kappa shape index (κ3) is 5.15. The normalized spacial score (nSPS) is 10.7. The molecule has 3 aromatic rings. The Labute approximate surface area is 176 Å².